The van der Waals surface area contributed by atoms with Gasteiger partial charge in [0, 0.05) is 38.1 Å². The molecule has 1 aromatic heterocycles. The minimum atomic E-state index is 0.186. The van der Waals surface area contributed by atoms with Crippen molar-refractivity contribution >= 4 is 22.0 Å². The van der Waals surface area contributed by atoms with Crippen LogP contribution in [-0.4, -0.2) is 51.5 Å². The van der Waals surface area contributed by atoms with Gasteiger partial charge in [-0.25, -0.2) is 14.8 Å². The summed E-state index contributed by atoms with van der Waals surface area (Å²) in [7, 11) is 0. The van der Waals surface area contributed by atoms with Gasteiger partial charge in [0.1, 0.15) is 5.82 Å². The Morgan fingerprint density at radius 3 is 2.65 bits per heavy atom. The molecule has 2 saturated heterocycles. The zero-order valence-corrected chi connectivity index (χ0v) is 13.2. The van der Waals surface area contributed by atoms with E-state index < -0.39 is 0 Å². The Bertz CT molecular complexity index is 486. The van der Waals surface area contributed by atoms with Gasteiger partial charge < -0.3 is 9.80 Å². The molecule has 0 aliphatic carbocycles. The van der Waals surface area contributed by atoms with E-state index in [0.717, 1.165) is 42.8 Å². The largest absolute Gasteiger partial charge is 0.323 e. The van der Waals surface area contributed by atoms with Gasteiger partial charge >= 0.3 is 6.03 Å². The molecular weight excluding hydrogens is 320 g/mol. The highest BCUT2D eigenvalue weighted by molar-refractivity contribution is 9.10. The molecule has 2 aliphatic rings. The number of nitrogens with zero attached hydrogens (tertiary/aromatic N) is 4. The smallest absolute Gasteiger partial charge is 0.320 e. The van der Waals surface area contributed by atoms with Gasteiger partial charge in [0.2, 0.25) is 0 Å². The minimum Gasteiger partial charge on any atom is -0.323 e. The number of carbonyl (C=O) groups excluding carboxylic acids is 1. The van der Waals surface area contributed by atoms with Crippen molar-refractivity contribution in [2.24, 2.45) is 0 Å². The van der Waals surface area contributed by atoms with Crippen LogP contribution in [0.5, 0.6) is 0 Å². The zero-order chi connectivity index (χ0) is 14.1. The monoisotopic (exact) mass is 338 g/mol. The molecule has 3 heterocycles. The highest BCUT2D eigenvalue weighted by Gasteiger charge is 2.37. The number of halogens is 1. The topological polar surface area (TPSA) is 49.3 Å². The fraction of sp³-hybridized carbons (Fsp3) is 0.643. The van der Waals surface area contributed by atoms with Crippen LogP contribution in [0.3, 0.4) is 0 Å². The standard InChI is InChI=1S/C14H19BrN4O/c1-10-4-2-3-5-19(10)14(20)18-8-11(9-18)13-16-6-12(15)7-17-13/h6-7,10-11H,2-5,8-9H2,1H3. The summed E-state index contributed by atoms with van der Waals surface area (Å²) in [5.41, 5.74) is 0. The molecule has 108 valence electrons. The van der Waals surface area contributed by atoms with Crippen LogP contribution in [0.4, 0.5) is 4.79 Å². The van der Waals surface area contributed by atoms with Crippen LogP contribution < -0.4 is 0 Å². The van der Waals surface area contributed by atoms with E-state index in [2.05, 4.69) is 32.8 Å². The van der Waals surface area contributed by atoms with E-state index in [4.69, 9.17) is 0 Å². The first-order valence-electron chi connectivity index (χ1n) is 7.18. The van der Waals surface area contributed by atoms with Gasteiger partial charge in [0.05, 0.1) is 10.4 Å². The van der Waals surface area contributed by atoms with Crippen molar-refractivity contribution in [1.82, 2.24) is 19.8 Å². The van der Waals surface area contributed by atoms with E-state index in [0.29, 0.717) is 6.04 Å². The van der Waals surface area contributed by atoms with E-state index >= 15 is 0 Å². The van der Waals surface area contributed by atoms with Crippen LogP contribution in [-0.2, 0) is 0 Å². The summed E-state index contributed by atoms with van der Waals surface area (Å²) in [5.74, 6) is 1.12. The summed E-state index contributed by atoms with van der Waals surface area (Å²) in [4.78, 5) is 25.0. The van der Waals surface area contributed by atoms with Crippen molar-refractivity contribution in [1.29, 1.82) is 0 Å². The Morgan fingerprint density at radius 1 is 1.30 bits per heavy atom. The third kappa shape index (κ3) is 2.66. The lowest BCUT2D eigenvalue weighted by Gasteiger charge is -2.44. The van der Waals surface area contributed by atoms with Crippen molar-refractivity contribution in [2.75, 3.05) is 19.6 Å². The second kappa shape index (κ2) is 5.68. The molecule has 0 N–H and O–H groups in total. The number of rotatable bonds is 1. The average molecular weight is 339 g/mol. The van der Waals surface area contributed by atoms with Gasteiger partial charge in [-0.2, -0.15) is 0 Å². The van der Waals surface area contributed by atoms with E-state index in [-0.39, 0.29) is 11.9 Å². The SMILES string of the molecule is CC1CCCCN1C(=O)N1CC(c2ncc(Br)cn2)C1. The molecule has 2 fully saturated rings. The van der Waals surface area contributed by atoms with Crippen molar-refractivity contribution in [2.45, 2.75) is 38.1 Å². The molecule has 0 radical (unpaired) electrons. The molecule has 5 nitrogen and oxygen atoms in total. The summed E-state index contributed by atoms with van der Waals surface area (Å²) in [6, 6.07) is 0.560. The number of hydrogen-bond acceptors (Lipinski definition) is 3. The van der Waals surface area contributed by atoms with E-state index in [1.165, 1.54) is 6.42 Å². The second-order valence-electron chi connectivity index (χ2n) is 5.68. The lowest BCUT2D eigenvalue weighted by Crippen LogP contribution is -2.56. The number of aromatic nitrogens is 2. The first kappa shape index (κ1) is 13.8. The van der Waals surface area contributed by atoms with Crippen LogP contribution in [0.25, 0.3) is 0 Å². The maximum atomic E-state index is 12.4. The van der Waals surface area contributed by atoms with Crippen molar-refractivity contribution < 1.29 is 4.79 Å². The lowest BCUT2D eigenvalue weighted by atomic mass is 9.98. The van der Waals surface area contributed by atoms with Crippen LogP contribution in [0, 0.1) is 0 Å². The number of likely N-dealkylation sites (tertiary alicyclic amines) is 2. The van der Waals surface area contributed by atoms with Crippen molar-refractivity contribution in [3.8, 4) is 0 Å². The zero-order valence-electron chi connectivity index (χ0n) is 11.6. The third-order valence-corrected chi connectivity index (χ3v) is 4.62. The van der Waals surface area contributed by atoms with Gasteiger partial charge in [-0.1, -0.05) is 0 Å². The second-order valence-corrected chi connectivity index (χ2v) is 6.60. The van der Waals surface area contributed by atoms with E-state index in [1.807, 2.05) is 9.80 Å². The van der Waals surface area contributed by atoms with E-state index in [1.54, 1.807) is 12.4 Å². The molecular formula is C14H19BrN4O. The van der Waals surface area contributed by atoms with Crippen LogP contribution in [0.15, 0.2) is 16.9 Å². The Balaban J connectivity index is 1.57. The summed E-state index contributed by atoms with van der Waals surface area (Å²) < 4.78 is 0.885. The molecule has 1 aromatic rings. The van der Waals surface area contributed by atoms with Crippen molar-refractivity contribution in [3.63, 3.8) is 0 Å². The van der Waals surface area contributed by atoms with Gasteiger partial charge in [0.25, 0.3) is 0 Å². The summed E-state index contributed by atoms with van der Waals surface area (Å²) in [6.45, 7) is 4.52. The first-order valence-corrected chi connectivity index (χ1v) is 7.97. The Hall–Kier alpha value is -1.17. The molecule has 0 bridgehead atoms. The van der Waals surface area contributed by atoms with Crippen LogP contribution >= 0.6 is 15.9 Å². The maximum Gasteiger partial charge on any atom is 0.320 e. The number of carbonyl (C=O) groups is 1. The summed E-state index contributed by atoms with van der Waals surface area (Å²) >= 11 is 3.33. The number of urea groups is 1. The predicted molar refractivity (Wildman–Crippen MR) is 79.5 cm³/mol. The highest BCUT2D eigenvalue weighted by Crippen LogP contribution is 2.27. The first-order chi connectivity index (χ1) is 9.65. The van der Waals surface area contributed by atoms with Crippen LogP contribution in [0.1, 0.15) is 37.9 Å². The fourth-order valence-electron chi connectivity index (χ4n) is 2.90. The van der Waals surface area contributed by atoms with Gasteiger partial charge in [0.15, 0.2) is 0 Å². The highest BCUT2D eigenvalue weighted by atomic mass is 79.9. The van der Waals surface area contributed by atoms with Crippen molar-refractivity contribution in [3.05, 3.63) is 22.7 Å². The molecule has 1 unspecified atom stereocenters. The predicted octanol–water partition coefficient (Wildman–Crippen LogP) is 2.63. The Labute approximate surface area is 127 Å². The van der Waals surface area contributed by atoms with Gasteiger partial charge in [-0.15, -0.1) is 0 Å². The quantitative estimate of drug-likeness (QED) is 0.790. The summed E-state index contributed by atoms with van der Waals surface area (Å²) in [6.07, 6.45) is 7.02. The third-order valence-electron chi connectivity index (χ3n) is 4.21. The van der Waals surface area contributed by atoms with Gasteiger partial charge in [-0.05, 0) is 42.1 Å². The Kier molecular flexibility index (Phi) is 3.92. The van der Waals surface area contributed by atoms with Crippen LogP contribution in [0.2, 0.25) is 0 Å². The molecule has 2 amide bonds. The summed E-state index contributed by atoms with van der Waals surface area (Å²) in [5, 5.41) is 0. The Morgan fingerprint density at radius 2 is 2.00 bits per heavy atom. The molecule has 1 atom stereocenters. The van der Waals surface area contributed by atoms with Gasteiger partial charge in [-0.3, -0.25) is 0 Å². The molecule has 0 spiro atoms. The fourth-order valence-corrected chi connectivity index (χ4v) is 3.10. The minimum absolute atomic E-state index is 0.186. The van der Waals surface area contributed by atoms with E-state index in [9.17, 15) is 4.79 Å². The number of amides is 2. The lowest BCUT2D eigenvalue weighted by molar-refractivity contribution is 0.0888. The number of hydrogen-bond donors (Lipinski definition) is 0. The number of piperidine rings is 1. The molecule has 6 heteroatoms. The average Bonchev–Trinajstić information content (AvgIpc) is 2.39. The molecule has 20 heavy (non-hydrogen) atoms. The molecule has 0 saturated carbocycles. The molecule has 2 aliphatic heterocycles. The molecule has 0 aromatic carbocycles. The normalized spacial score (nSPS) is 23.6. The maximum absolute atomic E-state index is 12.4. The molecule has 3 rings (SSSR count).